The molecule has 0 aromatic heterocycles. The molecule has 1 aliphatic rings. The van der Waals surface area contributed by atoms with Crippen molar-refractivity contribution < 1.29 is 0 Å². The van der Waals surface area contributed by atoms with E-state index in [0.29, 0.717) is 16.6 Å². The monoisotopic (exact) mass is 229 g/mol. The molecule has 0 saturated heterocycles. The predicted octanol–water partition coefficient (Wildman–Crippen LogP) is 1.93. The van der Waals surface area contributed by atoms with Crippen LogP contribution in [0.3, 0.4) is 0 Å². The predicted molar refractivity (Wildman–Crippen MR) is 58.8 cm³/mol. The minimum absolute atomic E-state index is 0.577. The van der Waals surface area contributed by atoms with Crippen molar-refractivity contribution in [3.8, 4) is 0 Å². The lowest BCUT2D eigenvalue weighted by Crippen LogP contribution is -2.35. The van der Waals surface area contributed by atoms with Crippen LogP contribution in [0.15, 0.2) is 23.2 Å². The maximum absolute atomic E-state index is 6.03. The topological polar surface area (TPSA) is 41.6 Å². The first-order chi connectivity index (χ1) is 6.68. The molecular formula is C9H9Cl2N3. The van der Waals surface area contributed by atoms with Gasteiger partial charge in [0.2, 0.25) is 0 Å². The molecule has 14 heavy (non-hydrogen) atoms. The fraction of sp³-hybridized carbons (Fsp3) is 0.222. The molecule has 5 heteroatoms. The lowest BCUT2D eigenvalue weighted by molar-refractivity contribution is 0.484. The number of benzene rings is 1. The Labute approximate surface area is 92.1 Å². The molecule has 1 aromatic carbocycles. The smallest absolute Gasteiger partial charge is 0.146 e. The highest BCUT2D eigenvalue weighted by Gasteiger charge is 2.17. The fourth-order valence-corrected chi connectivity index (χ4v) is 1.86. The summed E-state index contributed by atoms with van der Waals surface area (Å²) < 4.78 is 0. The van der Waals surface area contributed by atoms with E-state index in [1.54, 1.807) is 17.1 Å². The summed E-state index contributed by atoms with van der Waals surface area (Å²) >= 11 is 11.8. The highest BCUT2D eigenvalue weighted by atomic mass is 35.5. The van der Waals surface area contributed by atoms with Crippen LogP contribution < -0.4 is 5.84 Å². The van der Waals surface area contributed by atoms with Gasteiger partial charge < -0.3 is 0 Å². The van der Waals surface area contributed by atoms with Crippen molar-refractivity contribution in [3.63, 3.8) is 0 Å². The van der Waals surface area contributed by atoms with Gasteiger partial charge >= 0.3 is 0 Å². The summed E-state index contributed by atoms with van der Waals surface area (Å²) in [6, 6.07) is 5.29. The van der Waals surface area contributed by atoms with Crippen LogP contribution in [0, 0.1) is 0 Å². The molecule has 0 spiro atoms. The Hall–Kier alpha value is -0.770. The number of hydrazine groups is 1. The first-order valence-electron chi connectivity index (χ1n) is 4.20. The number of nitrogens with zero attached hydrogens (tertiary/aromatic N) is 2. The van der Waals surface area contributed by atoms with Gasteiger partial charge in [-0.3, -0.25) is 10.0 Å². The van der Waals surface area contributed by atoms with Crippen LogP contribution in [0.5, 0.6) is 0 Å². The summed E-state index contributed by atoms with van der Waals surface area (Å²) in [4.78, 5) is 4.27. The summed E-state index contributed by atoms with van der Waals surface area (Å²) in [5.41, 5.74) is 0.830. The normalized spacial score (nSPS) is 15.9. The second kappa shape index (κ2) is 3.77. The third-order valence-electron chi connectivity index (χ3n) is 2.05. The van der Waals surface area contributed by atoms with E-state index in [-0.39, 0.29) is 0 Å². The highest BCUT2D eigenvalue weighted by Crippen LogP contribution is 2.23. The molecule has 0 saturated carbocycles. The maximum atomic E-state index is 6.03. The van der Waals surface area contributed by atoms with E-state index in [1.807, 2.05) is 6.07 Å². The second-order valence-electron chi connectivity index (χ2n) is 3.02. The fourth-order valence-electron chi connectivity index (χ4n) is 1.37. The Morgan fingerprint density at radius 1 is 1.36 bits per heavy atom. The summed E-state index contributed by atoms with van der Waals surface area (Å²) in [5, 5.41) is 2.78. The molecule has 1 heterocycles. The number of aliphatic imine (C=N–C) groups is 1. The second-order valence-corrected chi connectivity index (χ2v) is 3.87. The molecule has 0 bridgehead atoms. The minimum atomic E-state index is 0.577. The van der Waals surface area contributed by atoms with Crippen LogP contribution in [0.4, 0.5) is 0 Å². The van der Waals surface area contributed by atoms with E-state index in [2.05, 4.69) is 4.99 Å². The van der Waals surface area contributed by atoms with Crippen molar-refractivity contribution >= 4 is 29.0 Å². The number of rotatable bonds is 1. The molecule has 0 atom stereocenters. The quantitative estimate of drug-likeness (QED) is 0.749. The van der Waals surface area contributed by atoms with E-state index in [9.17, 15) is 0 Å². The van der Waals surface area contributed by atoms with Gasteiger partial charge in [0.25, 0.3) is 0 Å². The minimum Gasteiger partial charge on any atom is -0.293 e. The van der Waals surface area contributed by atoms with Crippen molar-refractivity contribution in [1.82, 2.24) is 5.01 Å². The average molecular weight is 230 g/mol. The van der Waals surface area contributed by atoms with E-state index in [0.717, 1.165) is 17.9 Å². The first kappa shape index (κ1) is 9.77. The van der Waals surface area contributed by atoms with Gasteiger partial charge in [0, 0.05) is 10.6 Å². The SMILES string of the molecule is NN1CCN=C1c1ccc(Cl)cc1Cl. The number of halogens is 2. The summed E-state index contributed by atoms with van der Waals surface area (Å²) in [5.74, 6) is 6.46. The first-order valence-corrected chi connectivity index (χ1v) is 4.96. The molecule has 74 valence electrons. The number of amidine groups is 1. The Bertz CT molecular complexity index is 390. The molecule has 1 aliphatic heterocycles. The van der Waals surface area contributed by atoms with Crippen molar-refractivity contribution in [2.45, 2.75) is 0 Å². The summed E-state index contributed by atoms with van der Waals surface area (Å²) in [7, 11) is 0. The zero-order valence-corrected chi connectivity index (χ0v) is 8.89. The van der Waals surface area contributed by atoms with Gasteiger partial charge in [-0.2, -0.15) is 0 Å². The molecule has 0 fully saturated rings. The largest absolute Gasteiger partial charge is 0.293 e. The molecule has 0 unspecified atom stereocenters. The van der Waals surface area contributed by atoms with Crippen LogP contribution in [0.25, 0.3) is 0 Å². The van der Waals surface area contributed by atoms with Crippen molar-refractivity contribution in [1.29, 1.82) is 0 Å². The number of hydrogen-bond acceptors (Lipinski definition) is 3. The van der Waals surface area contributed by atoms with Gasteiger partial charge in [0.05, 0.1) is 18.1 Å². The molecule has 2 rings (SSSR count). The summed E-state index contributed by atoms with van der Waals surface area (Å²) in [6.45, 7) is 1.44. The molecule has 0 amide bonds. The summed E-state index contributed by atoms with van der Waals surface area (Å²) in [6.07, 6.45) is 0. The van der Waals surface area contributed by atoms with E-state index < -0.39 is 0 Å². The lowest BCUT2D eigenvalue weighted by atomic mass is 10.2. The van der Waals surface area contributed by atoms with Crippen LogP contribution in [0.1, 0.15) is 5.56 Å². The maximum Gasteiger partial charge on any atom is 0.146 e. The molecular weight excluding hydrogens is 221 g/mol. The van der Waals surface area contributed by atoms with Crippen molar-refractivity contribution in [2.24, 2.45) is 10.8 Å². The molecule has 3 nitrogen and oxygen atoms in total. The van der Waals surface area contributed by atoms with Crippen LogP contribution in [-0.2, 0) is 0 Å². The number of hydrogen-bond donors (Lipinski definition) is 1. The van der Waals surface area contributed by atoms with Gasteiger partial charge in [-0.1, -0.05) is 23.2 Å². The van der Waals surface area contributed by atoms with Crippen LogP contribution >= 0.6 is 23.2 Å². The van der Waals surface area contributed by atoms with E-state index >= 15 is 0 Å². The van der Waals surface area contributed by atoms with Gasteiger partial charge in [0.1, 0.15) is 5.84 Å². The Kier molecular flexibility index (Phi) is 2.63. The van der Waals surface area contributed by atoms with Crippen LogP contribution in [-0.4, -0.2) is 23.9 Å². The Morgan fingerprint density at radius 2 is 2.14 bits per heavy atom. The van der Waals surface area contributed by atoms with E-state index in [4.69, 9.17) is 29.0 Å². The standard InChI is InChI=1S/C9H9Cl2N3/c10-6-1-2-7(8(11)5-6)9-13-3-4-14(9)12/h1-2,5H,3-4,12H2. The zero-order chi connectivity index (χ0) is 10.1. The average Bonchev–Trinajstić information content (AvgIpc) is 2.52. The van der Waals surface area contributed by atoms with Crippen molar-refractivity contribution in [2.75, 3.05) is 13.1 Å². The molecule has 1 aromatic rings. The molecule has 0 radical (unpaired) electrons. The highest BCUT2D eigenvalue weighted by molar-refractivity contribution is 6.37. The van der Waals surface area contributed by atoms with Gasteiger partial charge in [-0.25, -0.2) is 5.84 Å². The van der Waals surface area contributed by atoms with Gasteiger partial charge in [-0.05, 0) is 18.2 Å². The Balaban J connectivity index is 2.41. The Morgan fingerprint density at radius 3 is 2.71 bits per heavy atom. The third-order valence-corrected chi connectivity index (χ3v) is 2.59. The molecule has 2 N–H and O–H groups in total. The third kappa shape index (κ3) is 1.71. The number of nitrogens with two attached hydrogens (primary N) is 1. The lowest BCUT2D eigenvalue weighted by Gasteiger charge is -2.14. The molecule has 0 aliphatic carbocycles. The van der Waals surface area contributed by atoms with E-state index in [1.165, 1.54) is 0 Å². The van der Waals surface area contributed by atoms with Crippen LogP contribution in [0.2, 0.25) is 10.0 Å². The van der Waals surface area contributed by atoms with Gasteiger partial charge in [0.15, 0.2) is 0 Å². The van der Waals surface area contributed by atoms with Gasteiger partial charge in [-0.15, -0.1) is 0 Å². The van der Waals surface area contributed by atoms with Crippen molar-refractivity contribution in [3.05, 3.63) is 33.8 Å². The zero-order valence-electron chi connectivity index (χ0n) is 7.37.